The molecule has 0 saturated carbocycles. The number of hydrogen-bond donors (Lipinski definition) is 1. The summed E-state index contributed by atoms with van der Waals surface area (Å²) in [7, 11) is 5.19. The minimum atomic E-state index is 0.0662. The Morgan fingerprint density at radius 3 is 2.88 bits per heavy atom. The molecule has 0 bridgehead atoms. The van der Waals surface area contributed by atoms with Gasteiger partial charge < -0.3 is 14.8 Å². The first-order valence-corrected chi connectivity index (χ1v) is 8.63. The number of benzene rings is 1. The SMILES string of the molecule is COc1ccc(CCC(=O)NC2CCCc3c2cnn3C)cc1OC. The van der Waals surface area contributed by atoms with Crippen LogP contribution < -0.4 is 14.8 Å². The van der Waals surface area contributed by atoms with E-state index in [9.17, 15) is 4.79 Å². The van der Waals surface area contributed by atoms with Gasteiger partial charge in [0.1, 0.15) is 0 Å². The highest BCUT2D eigenvalue weighted by molar-refractivity contribution is 5.76. The molecule has 25 heavy (non-hydrogen) atoms. The summed E-state index contributed by atoms with van der Waals surface area (Å²) >= 11 is 0. The molecule has 1 aromatic carbocycles. The molecule has 3 rings (SSSR count). The predicted octanol–water partition coefficient (Wildman–Crippen LogP) is 2.56. The standard InChI is InChI=1S/C19H25N3O3/c1-22-16-6-4-5-15(14(16)12-20-22)21-19(23)10-8-13-7-9-17(24-2)18(11-13)25-3/h7,9,11-12,15H,4-6,8,10H2,1-3H3,(H,21,23). The molecule has 0 fully saturated rings. The van der Waals surface area contributed by atoms with Crippen LogP contribution in [0.25, 0.3) is 0 Å². The van der Waals surface area contributed by atoms with Crippen molar-refractivity contribution in [3.8, 4) is 11.5 Å². The smallest absolute Gasteiger partial charge is 0.220 e. The van der Waals surface area contributed by atoms with E-state index in [1.165, 1.54) is 5.69 Å². The molecular formula is C19H25N3O3. The maximum absolute atomic E-state index is 12.4. The van der Waals surface area contributed by atoms with Crippen LogP contribution in [0.5, 0.6) is 11.5 Å². The third-order valence-electron chi connectivity index (χ3n) is 4.80. The van der Waals surface area contributed by atoms with E-state index in [4.69, 9.17) is 9.47 Å². The summed E-state index contributed by atoms with van der Waals surface area (Å²) in [6.45, 7) is 0. The zero-order valence-electron chi connectivity index (χ0n) is 15.0. The number of ether oxygens (including phenoxy) is 2. The van der Waals surface area contributed by atoms with E-state index in [-0.39, 0.29) is 11.9 Å². The number of hydrogen-bond acceptors (Lipinski definition) is 4. The van der Waals surface area contributed by atoms with Crippen molar-refractivity contribution < 1.29 is 14.3 Å². The summed E-state index contributed by atoms with van der Waals surface area (Å²) in [4.78, 5) is 12.4. The van der Waals surface area contributed by atoms with Gasteiger partial charge in [-0.05, 0) is 43.4 Å². The van der Waals surface area contributed by atoms with Gasteiger partial charge in [0.2, 0.25) is 5.91 Å². The van der Waals surface area contributed by atoms with Gasteiger partial charge in [-0.2, -0.15) is 5.10 Å². The number of aromatic nitrogens is 2. The van der Waals surface area contributed by atoms with Crippen LogP contribution in [0.2, 0.25) is 0 Å². The van der Waals surface area contributed by atoms with E-state index in [0.29, 0.717) is 24.3 Å². The van der Waals surface area contributed by atoms with Crippen molar-refractivity contribution in [2.24, 2.45) is 7.05 Å². The van der Waals surface area contributed by atoms with Crippen LogP contribution in [0.1, 0.15) is 42.1 Å². The molecule has 134 valence electrons. The summed E-state index contributed by atoms with van der Waals surface area (Å²) in [6, 6.07) is 5.84. The van der Waals surface area contributed by atoms with Crippen molar-refractivity contribution >= 4 is 5.91 Å². The molecule has 2 aromatic rings. The lowest BCUT2D eigenvalue weighted by molar-refractivity contribution is -0.121. The Hall–Kier alpha value is -2.50. The molecule has 6 heteroatoms. The third kappa shape index (κ3) is 3.78. The van der Waals surface area contributed by atoms with E-state index in [1.807, 2.05) is 36.1 Å². The summed E-state index contributed by atoms with van der Waals surface area (Å²) in [5, 5.41) is 7.49. The van der Waals surface area contributed by atoms with E-state index >= 15 is 0 Å². The fourth-order valence-electron chi connectivity index (χ4n) is 3.42. The minimum absolute atomic E-state index is 0.0662. The zero-order chi connectivity index (χ0) is 17.8. The highest BCUT2D eigenvalue weighted by Gasteiger charge is 2.24. The van der Waals surface area contributed by atoms with Crippen molar-refractivity contribution in [3.05, 3.63) is 41.2 Å². The van der Waals surface area contributed by atoms with Crippen LogP contribution in [0.3, 0.4) is 0 Å². The Bertz CT molecular complexity index is 754. The Morgan fingerprint density at radius 1 is 1.32 bits per heavy atom. The van der Waals surface area contributed by atoms with Crippen LogP contribution >= 0.6 is 0 Å². The van der Waals surface area contributed by atoms with Crippen molar-refractivity contribution in [3.63, 3.8) is 0 Å². The summed E-state index contributed by atoms with van der Waals surface area (Å²) in [6.07, 6.45) is 6.08. The predicted molar refractivity (Wildman–Crippen MR) is 94.9 cm³/mol. The first kappa shape index (κ1) is 17.3. The number of nitrogens with zero attached hydrogens (tertiary/aromatic N) is 2. The maximum atomic E-state index is 12.4. The minimum Gasteiger partial charge on any atom is -0.493 e. The van der Waals surface area contributed by atoms with Gasteiger partial charge in [-0.3, -0.25) is 9.48 Å². The Kier molecular flexibility index (Phi) is 5.26. The summed E-state index contributed by atoms with van der Waals surface area (Å²) in [5.41, 5.74) is 3.45. The Balaban J connectivity index is 1.59. The zero-order valence-corrected chi connectivity index (χ0v) is 15.0. The average molecular weight is 343 g/mol. The highest BCUT2D eigenvalue weighted by atomic mass is 16.5. The number of methoxy groups -OCH3 is 2. The molecule has 1 unspecified atom stereocenters. The second-order valence-electron chi connectivity index (χ2n) is 6.37. The molecule has 0 saturated heterocycles. The van der Waals surface area contributed by atoms with Crippen LogP contribution in [0.15, 0.2) is 24.4 Å². The molecule has 0 aliphatic heterocycles. The number of carbonyl (C=O) groups excluding carboxylic acids is 1. The van der Waals surface area contributed by atoms with Crippen molar-refractivity contribution in [2.45, 2.75) is 38.1 Å². The fraction of sp³-hybridized carbons (Fsp3) is 0.474. The molecule has 0 spiro atoms. The molecule has 1 amide bonds. The second-order valence-corrected chi connectivity index (χ2v) is 6.37. The molecule has 1 aliphatic rings. The van der Waals surface area contributed by atoms with E-state index in [0.717, 1.165) is 30.4 Å². The van der Waals surface area contributed by atoms with Crippen molar-refractivity contribution in [2.75, 3.05) is 14.2 Å². The van der Waals surface area contributed by atoms with Crippen LogP contribution in [-0.4, -0.2) is 29.9 Å². The molecule has 1 heterocycles. The Morgan fingerprint density at radius 2 is 2.12 bits per heavy atom. The van der Waals surface area contributed by atoms with Gasteiger partial charge in [0.15, 0.2) is 11.5 Å². The summed E-state index contributed by atoms with van der Waals surface area (Å²) in [5.74, 6) is 1.45. The third-order valence-corrected chi connectivity index (χ3v) is 4.80. The number of nitrogens with one attached hydrogen (secondary N) is 1. The lowest BCUT2D eigenvalue weighted by Gasteiger charge is -2.23. The molecular weight excluding hydrogens is 318 g/mol. The summed E-state index contributed by atoms with van der Waals surface area (Å²) < 4.78 is 12.5. The highest BCUT2D eigenvalue weighted by Crippen LogP contribution is 2.30. The van der Waals surface area contributed by atoms with Crippen LogP contribution in [0.4, 0.5) is 0 Å². The molecule has 1 N–H and O–H groups in total. The molecule has 1 atom stereocenters. The van der Waals surface area contributed by atoms with Gasteiger partial charge in [0.25, 0.3) is 0 Å². The van der Waals surface area contributed by atoms with Gasteiger partial charge in [0, 0.05) is 24.7 Å². The maximum Gasteiger partial charge on any atom is 0.220 e. The molecule has 1 aliphatic carbocycles. The Labute approximate surface area is 148 Å². The van der Waals surface area contributed by atoms with Gasteiger partial charge >= 0.3 is 0 Å². The first-order chi connectivity index (χ1) is 12.1. The van der Waals surface area contributed by atoms with Crippen molar-refractivity contribution in [1.29, 1.82) is 0 Å². The quantitative estimate of drug-likeness (QED) is 0.875. The topological polar surface area (TPSA) is 65.4 Å². The second kappa shape index (κ2) is 7.59. The van der Waals surface area contributed by atoms with Crippen LogP contribution in [0, 0.1) is 0 Å². The van der Waals surface area contributed by atoms with Crippen LogP contribution in [-0.2, 0) is 24.7 Å². The fourth-order valence-corrected chi connectivity index (χ4v) is 3.42. The number of aryl methyl sites for hydroxylation is 2. The molecule has 6 nitrogen and oxygen atoms in total. The monoisotopic (exact) mass is 343 g/mol. The van der Waals surface area contributed by atoms with E-state index in [2.05, 4.69) is 10.4 Å². The van der Waals surface area contributed by atoms with E-state index in [1.54, 1.807) is 14.2 Å². The van der Waals surface area contributed by atoms with Gasteiger partial charge in [-0.1, -0.05) is 6.07 Å². The lowest BCUT2D eigenvalue weighted by atomic mass is 9.93. The number of carbonyl (C=O) groups is 1. The largest absolute Gasteiger partial charge is 0.493 e. The van der Waals surface area contributed by atoms with Gasteiger partial charge in [-0.25, -0.2) is 0 Å². The number of amides is 1. The van der Waals surface area contributed by atoms with E-state index < -0.39 is 0 Å². The van der Waals surface area contributed by atoms with Gasteiger partial charge in [0.05, 0.1) is 26.5 Å². The van der Waals surface area contributed by atoms with Gasteiger partial charge in [-0.15, -0.1) is 0 Å². The average Bonchev–Trinajstić information content (AvgIpc) is 3.02. The number of fused-ring (bicyclic) bond motifs is 1. The van der Waals surface area contributed by atoms with Crippen molar-refractivity contribution in [1.82, 2.24) is 15.1 Å². The molecule has 1 aromatic heterocycles. The normalized spacial score (nSPS) is 16.2. The lowest BCUT2D eigenvalue weighted by Crippen LogP contribution is -2.31. The number of rotatable bonds is 6. The molecule has 0 radical (unpaired) electrons. The first-order valence-electron chi connectivity index (χ1n) is 8.63.